The maximum Gasteiger partial charge on any atom is 0.323 e. The van der Waals surface area contributed by atoms with Crippen molar-refractivity contribution in [3.63, 3.8) is 0 Å². The molecule has 0 fully saturated rings. The Morgan fingerprint density at radius 2 is 1.48 bits per heavy atom. The van der Waals surface area contributed by atoms with Gasteiger partial charge in [0.1, 0.15) is 17.7 Å². The summed E-state index contributed by atoms with van der Waals surface area (Å²) in [5.74, 6) is -2.50. The number of amides is 4. The van der Waals surface area contributed by atoms with Gasteiger partial charge in [-0.25, -0.2) is 0 Å². The minimum atomic E-state index is -1.03. The Bertz CT molecular complexity index is 1590. The first-order valence-electron chi connectivity index (χ1n) is 15.6. The fourth-order valence-corrected chi connectivity index (χ4v) is 5.71. The summed E-state index contributed by atoms with van der Waals surface area (Å²) in [4.78, 5) is 68.7. The lowest BCUT2D eigenvalue weighted by atomic mass is 9.98. The van der Waals surface area contributed by atoms with Crippen molar-refractivity contribution in [3.05, 3.63) is 83.4 Å². The van der Waals surface area contributed by atoms with Crippen LogP contribution in [0.15, 0.2) is 66.7 Å². The van der Waals surface area contributed by atoms with Crippen LogP contribution in [-0.4, -0.2) is 76.7 Å². The van der Waals surface area contributed by atoms with Crippen molar-refractivity contribution in [2.75, 3.05) is 13.6 Å². The molecule has 244 valence electrons. The smallest absolute Gasteiger partial charge is 0.323 e. The van der Waals surface area contributed by atoms with E-state index in [0.717, 1.165) is 21.2 Å². The van der Waals surface area contributed by atoms with Gasteiger partial charge < -0.3 is 15.4 Å². The molecule has 10 heteroatoms. The maximum atomic E-state index is 14.1. The third-order valence-corrected chi connectivity index (χ3v) is 8.00. The van der Waals surface area contributed by atoms with E-state index in [1.54, 1.807) is 45.0 Å². The number of hydrogen-bond acceptors (Lipinski definition) is 7. The number of fused-ring (bicyclic) bond motifs is 2. The summed E-state index contributed by atoms with van der Waals surface area (Å²) in [5, 5.41) is 5.24. The number of hydrogen-bond donors (Lipinski definition) is 2. The SMILES string of the molecule is CC(C)C[C@H](N[C@H](CCN1C(=O)c2ccccc2C1=O)C(=O)OC(C)(C)C)C(=O)N(C)[C@@H](Cc1ccc2ccccc2c1)C(N)=O. The van der Waals surface area contributed by atoms with Gasteiger partial charge in [-0.05, 0) is 68.0 Å². The van der Waals surface area contributed by atoms with Crippen LogP contribution in [0, 0.1) is 5.92 Å². The van der Waals surface area contributed by atoms with Gasteiger partial charge in [0.2, 0.25) is 11.8 Å². The summed E-state index contributed by atoms with van der Waals surface area (Å²) in [7, 11) is 1.54. The monoisotopic (exact) mass is 628 g/mol. The van der Waals surface area contributed by atoms with Crippen molar-refractivity contribution in [1.29, 1.82) is 0 Å². The number of imide groups is 1. The van der Waals surface area contributed by atoms with Crippen molar-refractivity contribution in [2.24, 2.45) is 11.7 Å². The Morgan fingerprint density at radius 3 is 2.04 bits per heavy atom. The first-order valence-corrected chi connectivity index (χ1v) is 15.6. The van der Waals surface area contributed by atoms with E-state index in [4.69, 9.17) is 10.5 Å². The van der Waals surface area contributed by atoms with Gasteiger partial charge in [0.25, 0.3) is 11.8 Å². The van der Waals surface area contributed by atoms with Crippen LogP contribution in [0.5, 0.6) is 0 Å². The predicted molar refractivity (Wildman–Crippen MR) is 176 cm³/mol. The second kappa shape index (κ2) is 14.2. The number of carbonyl (C=O) groups excluding carboxylic acids is 5. The standard InChI is InChI=1S/C36H44N4O6/c1-22(2)19-29(34(44)39(6)30(31(37)41)21-23-15-16-24-11-7-8-12-25(24)20-23)38-28(35(45)46-36(3,4)5)17-18-40-32(42)26-13-9-10-14-27(26)33(40)43/h7-16,20,22,28-30,38H,17-19,21H2,1-6H3,(H2,37,41)/t28-,29+,30+/m1/s1. The number of esters is 1. The second-order valence-corrected chi connectivity index (χ2v) is 13.3. The first kappa shape index (κ1) is 34.3. The minimum Gasteiger partial charge on any atom is -0.459 e. The van der Waals surface area contributed by atoms with Crippen LogP contribution in [0.25, 0.3) is 10.8 Å². The van der Waals surface area contributed by atoms with Crippen molar-refractivity contribution in [3.8, 4) is 0 Å². The third kappa shape index (κ3) is 8.17. The Labute approximate surface area is 270 Å². The number of carbonyl (C=O) groups is 5. The molecule has 3 aromatic carbocycles. The van der Waals surface area contributed by atoms with E-state index in [1.165, 1.54) is 11.9 Å². The molecule has 0 spiro atoms. The molecule has 0 bridgehead atoms. The Morgan fingerprint density at radius 1 is 0.891 bits per heavy atom. The molecular formula is C36H44N4O6. The molecule has 4 amide bonds. The molecule has 3 aromatic rings. The van der Waals surface area contributed by atoms with E-state index in [-0.39, 0.29) is 25.3 Å². The first-order chi connectivity index (χ1) is 21.7. The molecular weight excluding hydrogens is 584 g/mol. The summed E-state index contributed by atoms with van der Waals surface area (Å²) in [5.41, 5.74) is 6.49. The molecule has 0 aliphatic carbocycles. The van der Waals surface area contributed by atoms with E-state index in [1.807, 2.05) is 56.3 Å². The van der Waals surface area contributed by atoms with Gasteiger partial charge in [0, 0.05) is 20.0 Å². The Hall–Kier alpha value is -4.57. The largest absolute Gasteiger partial charge is 0.459 e. The highest BCUT2D eigenvalue weighted by Crippen LogP contribution is 2.24. The van der Waals surface area contributed by atoms with Gasteiger partial charge in [0.15, 0.2) is 0 Å². The van der Waals surface area contributed by atoms with Crippen molar-refractivity contribution >= 4 is 40.4 Å². The lowest BCUT2D eigenvalue weighted by molar-refractivity contribution is -0.158. The summed E-state index contributed by atoms with van der Waals surface area (Å²) in [6.45, 7) is 9.05. The summed E-state index contributed by atoms with van der Waals surface area (Å²) in [6.07, 6.45) is 0.575. The molecule has 0 radical (unpaired) electrons. The number of nitrogens with zero attached hydrogens (tertiary/aromatic N) is 2. The Kier molecular flexibility index (Phi) is 10.6. The molecule has 1 heterocycles. The van der Waals surface area contributed by atoms with E-state index in [2.05, 4.69) is 5.32 Å². The van der Waals surface area contributed by atoms with E-state index < -0.39 is 53.3 Å². The van der Waals surface area contributed by atoms with Crippen LogP contribution >= 0.6 is 0 Å². The zero-order valence-corrected chi connectivity index (χ0v) is 27.4. The van der Waals surface area contributed by atoms with Crippen LogP contribution in [0.4, 0.5) is 0 Å². The second-order valence-electron chi connectivity index (χ2n) is 13.3. The zero-order chi connectivity index (χ0) is 33.8. The van der Waals surface area contributed by atoms with E-state index in [0.29, 0.717) is 17.5 Å². The molecule has 3 atom stereocenters. The summed E-state index contributed by atoms with van der Waals surface area (Å²) in [6, 6.07) is 17.4. The lowest BCUT2D eigenvalue weighted by Crippen LogP contribution is -2.57. The molecule has 0 aromatic heterocycles. The zero-order valence-electron chi connectivity index (χ0n) is 27.4. The molecule has 10 nitrogen and oxygen atoms in total. The van der Waals surface area contributed by atoms with Crippen LogP contribution in [0.2, 0.25) is 0 Å². The number of nitrogens with two attached hydrogens (primary N) is 1. The fourth-order valence-electron chi connectivity index (χ4n) is 5.71. The minimum absolute atomic E-state index is 0.0162. The molecule has 3 N–H and O–H groups in total. The van der Waals surface area contributed by atoms with Gasteiger partial charge >= 0.3 is 5.97 Å². The van der Waals surface area contributed by atoms with E-state index in [9.17, 15) is 24.0 Å². The molecule has 0 unspecified atom stereocenters. The Balaban J connectivity index is 1.56. The van der Waals surface area contributed by atoms with Gasteiger partial charge in [-0.15, -0.1) is 0 Å². The molecule has 46 heavy (non-hydrogen) atoms. The average Bonchev–Trinajstić information content (AvgIpc) is 3.24. The van der Waals surface area contributed by atoms with E-state index >= 15 is 0 Å². The van der Waals surface area contributed by atoms with Gasteiger partial charge in [-0.2, -0.15) is 0 Å². The maximum absolute atomic E-state index is 14.1. The van der Waals surface area contributed by atoms with Gasteiger partial charge in [-0.1, -0.05) is 68.4 Å². The van der Waals surface area contributed by atoms with Gasteiger partial charge in [-0.3, -0.25) is 34.2 Å². The molecule has 0 saturated carbocycles. The molecule has 1 aliphatic rings. The molecule has 4 rings (SSSR count). The fraction of sp³-hybridized carbons (Fsp3) is 0.417. The molecule has 1 aliphatic heterocycles. The van der Waals surface area contributed by atoms with Crippen molar-refractivity contribution < 1.29 is 28.7 Å². The summed E-state index contributed by atoms with van der Waals surface area (Å²) < 4.78 is 5.69. The van der Waals surface area contributed by atoms with Crippen molar-refractivity contribution in [1.82, 2.24) is 15.1 Å². The third-order valence-electron chi connectivity index (χ3n) is 8.00. The van der Waals surface area contributed by atoms with Crippen LogP contribution in [0.3, 0.4) is 0 Å². The normalized spacial score (nSPS) is 15.1. The molecule has 0 saturated heterocycles. The average molecular weight is 629 g/mol. The van der Waals surface area contributed by atoms with Crippen LogP contribution in [-0.2, 0) is 25.5 Å². The van der Waals surface area contributed by atoms with Crippen LogP contribution in [0.1, 0.15) is 73.7 Å². The number of benzene rings is 3. The quantitative estimate of drug-likeness (QED) is 0.215. The van der Waals surface area contributed by atoms with Gasteiger partial charge in [0.05, 0.1) is 17.2 Å². The van der Waals surface area contributed by atoms with Crippen molar-refractivity contribution in [2.45, 2.75) is 77.6 Å². The number of rotatable bonds is 13. The number of ether oxygens (including phenoxy) is 1. The number of likely N-dealkylation sites (N-methyl/N-ethyl adjacent to an activating group) is 1. The number of primary amides is 1. The highest BCUT2D eigenvalue weighted by atomic mass is 16.6. The number of nitrogens with one attached hydrogen (secondary N) is 1. The van der Waals surface area contributed by atoms with Crippen LogP contribution < -0.4 is 11.1 Å². The topological polar surface area (TPSA) is 139 Å². The highest BCUT2D eigenvalue weighted by molar-refractivity contribution is 6.21. The summed E-state index contributed by atoms with van der Waals surface area (Å²) >= 11 is 0. The lowest BCUT2D eigenvalue weighted by Gasteiger charge is -2.33. The predicted octanol–water partition coefficient (Wildman–Crippen LogP) is 4.10. The highest BCUT2D eigenvalue weighted by Gasteiger charge is 2.38.